The Morgan fingerprint density at radius 3 is 2.82 bits per heavy atom. The van der Waals surface area contributed by atoms with Crippen molar-refractivity contribution in [1.82, 2.24) is 24.6 Å². The number of nitrogens with zero attached hydrogens (tertiary/aromatic N) is 4. The second kappa shape index (κ2) is 9.23. The molecule has 2 aromatic heterocycles. The maximum Gasteiger partial charge on any atom is 0.410 e. The molecule has 0 aliphatic carbocycles. The van der Waals surface area contributed by atoms with Gasteiger partial charge in [-0.3, -0.25) is 14.5 Å². The van der Waals surface area contributed by atoms with Crippen molar-refractivity contribution in [2.45, 2.75) is 45.9 Å². The number of fused-ring (bicyclic) bond motifs is 1. The Hall–Kier alpha value is -2.78. The van der Waals surface area contributed by atoms with Crippen molar-refractivity contribution in [3.63, 3.8) is 0 Å². The zero-order chi connectivity index (χ0) is 23.8. The summed E-state index contributed by atoms with van der Waals surface area (Å²) in [6, 6.07) is 5.32. The van der Waals surface area contributed by atoms with Gasteiger partial charge in [0.25, 0.3) is 5.56 Å². The number of hydrogen-bond donors (Lipinski definition) is 2. The maximum atomic E-state index is 12.8. The number of H-pyrrole nitrogens is 1. The molecule has 1 amide bonds. The van der Waals surface area contributed by atoms with E-state index in [-0.39, 0.29) is 17.6 Å². The van der Waals surface area contributed by atoms with Crippen molar-refractivity contribution in [3.8, 4) is 0 Å². The number of carbonyl (C=O) groups excluding carboxylic acids is 1. The summed E-state index contributed by atoms with van der Waals surface area (Å²) in [6.45, 7) is 7.66. The predicted octanol–water partition coefficient (Wildman–Crippen LogP) is 4.30. The van der Waals surface area contributed by atoms with Crippen molar-refractivity contribution in [1.29, 1.82) is 0 Å². The largest absolute Gasteiger partial charge is 0.444 e. The molecule has 1 atom stereocenters. The number of nitrogens with one attached hydrogen (secondary N) is 2. The molecule has 9 nitrogen and oxygen atoms in total. The molecule has 0 spiro atoms. The molecule has 33 heavy (non-hydrogen) atoms. The van der Waals surface area contributed by atoms with E-state index in [0.717, 1.165) is 12.0 Å². The van der Waals surface area contributed by atoms with Gasteiger partial charge >= 0.3 is 6.09 Å². The molecule has 1 aliphatic heterocycles. The highest BCUT2D eigenvalue weighted by molar-refractivity contribution is 6.42. The van der Waals surface area contributed by atoms with Crippen molar-refractivity contribution in [2.75, 3.05) is 18.4 Å². The van der Waals surface area contributed by atoms with Gasteiger partial charge in [0, 0.05) is 26.2 Å². The van der Waals surface area contributed by atoms with Crippen LogP contribution in [0.15, 0.2) is 29.2 Å². The summed E-state index contributed by atoms with van der Waals surface area (Å²) in [7, 11) is 0. The molecule has 11 heteroatoms. The van der Waals surface area contributed by atoms with E-state index in [1.165, 1.54) is 0 Å². The Kier molecular flexibility index (Phi) is 6.54. The number of likely N-dealkylation sites (tertiary alicyclic amines) is 1. The Morgan fingerprint density at radius 1 is 1.30 bits per heavy atom. The molecule has 3 heterocycles. The molecular weight excluding hydrogens is 467 g/mol. The number of ether oxygens (including phenoxy) is 1. The zero-order valence-corrected chi connectivity index (χ0v) is 20.2. The highest BCUT2D eigenvalue weighted by atomic mass is 35.5. The lowest BCUT2D eigenvalue weighted by Gasteiger charge is -2.24. The van der Waals surface area contributed by atoms with Crippen LogP contribution in [0.5, 0.6) is 0 Å². The van der Waals surface area contributed by atoms with Gasteiger partial charge < -0.3 is 15.0 Å². The first kappa shape index (κ1) is 23.4. The SMILES string of the molecule is CC(C)(C)OC(=O)N1CCC(Cn2ncc3nc(NCc4ccc(Cl)c(Cl)c4)[nH]c(=O)c32)C1. The smallest absolute Gasteiger partial charge is 0.410 e. The number of amides is 1. The van der Waals surface area contributed by atoms with Gasteiger partial charge in [-0.1, -0.05) is 29.3 Å². The Labute approximate surface area is 201 Å². The number of carbonyl (C=O) groups is 1. The zero-order valence-electron chi connectivity index (χ0n) is 18.7. The average Bonchev–Trinajstić information content (AvgIpc) is 3.36. The molecule has 3 aromatic rings. The van der Waals surface area contributed by atoms with Crippen molar-refractivity contribution in [3.05, 3.63) is 50.4 Å². The maximum absolute atomic E-state index is 12.8. The van der Waals surface area contributed by atoms with Gasteiger partial charge in [-0.25, -0.2) is 9.78 Å². The van der Waals surface area contributed by atoms with E-state index >= 15 is 0 Å². The molecule has 1 saturated heterocycles. The van der Waals surface area contributed by atoms with Crippen LogP contribution in [-0.4, -0.2) is 49.4 Å². The first-order chi connectivity index (χ1) is 15.6. The first-order valence-electron chi connectivity index (χ1n) is 10.7. The number of halogens is 2. The highest BCUT2D eigenvalue weighted by Crippen LogP contribution is 2.24. The minimum absolute atomic E-state index is 0.174. The molecule has 0 radical (unpaired) electrons. The van der Waals surface area contributed by atoms with E-state index in [0.29, 0.717) is 53.2 Å². The number of benzene rings is 1. The minimum Gasteiger partial charge on any atom is -0.444 e. The third kappa shape index (κ3) is 5.59. The summed E-state index contributed by atoms with van der Waals surface area (Å²) in [5.41, 5.74) is 0.996. The molecule has 2 N–H and O–H groups in total. The normalized spacial score (nSPS) is 16.4. The number of aromatic amines is 1. The monoisotopic (exact) mass is 492 g/mol. The summed E-state index contributed by atoms with van der Waals surface area (Å²) in [6.07, 6.45) is 2.08. The first-order valence-corrected chi connectivity index (χ1v) is 11.5. The van der Waals surface area contributed by atoms with Gasteiger partial charge in [-0.05, 0) is 50.8 Å². The summed E-state index contributed by atoms with van der Waals surface area (Å²) in [5, 5.41) is 8.41. The summed E-state index contributed by atoms with van der Waals surface area (Å²) in [4.78, 5) is 34.0. The molecule has 4 rings (SSSR count). The topological polar surface area (TPSA) is 105 Å². The van der Waals surface area contributed by atoms with Gasteiger partial charge in [-0.15, -0.1) is 0 Å². The second-order valence-electron chi connectivity index (χ2n) is 9.16. The van der Waals surface area contributed by atoms with Crippen LogP contribution in [0.3, 0.4) is 0 Å². The second-order valence-corrected chi connectivity index (χ2v) is 9.97. The average molecular weight is 493 g/mol. The molecule has 1 aromatic carbocycles. The molecule has 1 fully saturated rings. The standard InChI is InChI=1S/C22H26Cl2N6O3/c1-22(2,3)33-21(32)29-7-6-14(11-29)12-30-18-17(10-26-30)27-20(28-19(18)31)25-9-13-4-5-15(23)16(24)8-13/h4-5,8,10,14H,6-7,9,11-12H2,1-3H3,(H2,25,27,28,31). The summed E-state index contributed by atoms with van der Waals surface area (Å²) in [5.74, 6) is 0.516. The van der Waals surface area contributed by atoms with Gasteiger partial charge in [-0.2, -0.15) is 5.10 Å². The fourth-order valence-electron chi connectivity index (χ4n) is 3.78. The molecule has 0 bridgehead atoms. The highest BCUT2D eigenvalue weighted by Gasteiger charge is 2.30. The molecule has 1 aliphatic rings. The van der Waals surface area contributed by atoms with Crippen LogP contribution in [0.25, 0.3) is 11.0 Å². The summed E-state index contributed by atoms with van der Waals surface area (Å²) >= 11 is 12.0. The molecule has 0 saturated carbocycles. The van der Waals surface area contributed by atoms with Gasteiger partial charge in [0.15, 0.2) is 5.52 Å². The van der Waals surface area contributed by atoms with Gasteiger partial charge in [0.1, 0.15) is 11.1 Å². The lowest BCUT2D eigenvalue weighted by Crippen LogP contribution is -2.35. The molecule has 1 unspecified atom stereocenters. The van der Waals surface area contributed by atoms with E-state index in [9.17, 15) is 9.59 Å². The van der Waals surface area contributed by atoms with E-state index < -0.39 is 5.60 Å². The van der Waals surface area contributed by atoms with Crippen LogP contribution in [0.2, 0.25) is 10.0 Å². The van der Waals surface area contributed by atoms with Crippen LogP contribution in [0, 0.1) is 5.92 Å². The van der Waals surface area contributed by atoms with Crippen LogP contribution < -0.4 is 10.9 Å². The molecular formula is C22H26Cl2N6O3. The quantitative estimate of drug-likeness (QED) is 0.549. The lowest BCUT2D eigenvalue weighted by atomic mass is 10.1. The van der Waals surface area contributed by atoms with Crippen LogP contribution in [-0.2, 0) is 17.8 Å². The van der Waals surface area contributed by atoms with Crippen molar-refractivity contribution < 1.29 is 9.53 Å². The predicted molar refractivity (Wildman–Crippen MR) is 128 cm³/mol. The van der Waals surface area contributed by atoms with Crippen LogP contribution in [0.4, 0.5) is 10.7 Å². The fraction of sp³-hybridized carbons (Fsp3) is 0.455. The number of aromatic nitrogens is 4. The third-order valence-electron chi connectivity index (χ3n) is 5.31. The third-order valence-corrected chi connectivity index (χ3v) is 6.05. The van der Waals surface area contributed by atoms with E-state index in [1.54, 1.807) is 27.9 Å². The Morgan fingerprint density at radius 2 is 2.09 bits per heavy atom. The van der Waals surface area contributed by atoms with Crippen LogP contribution >= 0.6 is 23.2 Å². The number of anilines is 1. The van der Waals surface area contributed by atoms with Gasteiger partial charge in [0.05, 0.1) is 16.2 Å². The molecule has 176 valence electrons. The summed E-state index contributed by atoms with van der Waals surface area (Å²) < 4.78 is 7.11. The van der Waals surface area contributed by atoms with E-state index in [1.807, 2.05) is 26.8 Å². The van der Waals surface area contributed by atoms with Crippen molar-refractivity contribution in [2.24, 2.45) is 5.92 Å². The fourth-order valence-corrected chi connectivity index (χ4v) is 4.10. The lowest BCUT2D eigenvalue weighted by molar-refractivity contribution is 0.0287. The van der Waals surface area contributed by atoms with E-state index in [2.05, 4.69) is 20.4 Å². The minimum atomic E-state index is -0.530. The van der Waals surface area contributed by atoms with Crippen molar-refractivity contribution >= 4 is 46.3 Å². The number of hydrogen-bond acceptors (Lipinski definition) is 6. The Balaban J connectivity index is 1.42. The number of rotatable bonds is 5. The van der Waals surface area contributed by atoms with Gasteiger partial charge in [0.2, 0.25) is 5.95 Å². The van der Waals surface area contributed by atoms with E-state index in [4.69, 9.17) is 27.9 Å². The van der Waals surface area contributed by atoms with Crippen LogP contribution in [0.1, 0.15) is 32.8 Å². The Bertz CT molecular complexity index is 1230.